The third kappa shape index (κ3) is 35.2. The van der Waals surface area contributed by atoms with Crippen molar-refractivity contribution in [3.8, 4) is 0 Å². The standard InChI is InChI=1S/C45H87NO4/c1-3-5-7-9-11-13-15-17-18-19-20-21-22-23-24-25-26-28-30-32-34-36-38-40-44(49)45(50)46-42(41-47)43(48)39-37-35-33-31-29-27-16-14-12-10-8-6-4-2/h23-24,37,39,42-44,47-49H,3-22,25-36,38,40-41H2,1-2H3,(H,46,50)/b24-23-,39-37+. The van der Waals surface area contributed by atoms with Crippen LogP contribution in [0.25, 0.3) is 0 Å². The maximum Gasteiger partial charge on any atom is 0.249 e. The highest BCUT2D eigenvalue weighted by molar-refractivity contribution is 5.80. The monoisotopic (exact) mass is 706 g/mol. The molecule has 0 fully saturated rings. The summed E-state index contributed by atoms with van der Waals surface area (Å²) < 4.78 is 0. The van der Waals surface area contributed by atoms with E-state index in [9.17, 15) is 20.1 Å². The summed E-state index contributed by atoms with van der Waals surface area (Å²) in [7, 11) is 0. The first-order valence-corrected chi connectivity index (χ1v) is 22.2. The third-order valence-corrected chi connectivity index (χ3v) is 10.3. The van der Waals surface area contributed by atoms with Crippen molar-refractivity contribution in [2.45, 2.75) is 250 Å². The smallest absolute Gasteiger partial charge is 0.249 e. The van der Waals surface area contributed by atoms with Crippen molar-refractivity contribution in [1.82, 2.24) is 5.32 Å². The fraction of sp³-hybridized carbons (Fsp3) is 0.889. The molecule has 296 valence electrons. The van der Waals surface area contributed by atoms with Crippen molar-refractivity contribution in [1.29, 1.82) is 0 Å². The number of allylic oxidation sites excluding steroid dienone is 3. The second-order valence-corrected chi connectivity index (χ2v) is 15.3. The summed E-state index contributed by atoms with van der Waals surface area (Å²) in [4.78, 5) is 12.4. The fourth-order valence-corrected chi connectivity index (χ4v) is 6.77. The van der Waals surface area contributed by atoms with Gasteiger partial charge >= 0.3 is 0 Å². The number of hydrogen-bond donors (Lipinski definition) is 4. The summed E-state index contributed by atoms with van der Waals surface area (Å²) in [6, 6.07) is -0.796. The molecule has 1 amide bonds. The molecule has 3 unspecified atom stereocenters. The predicted octanol–water partition coefficient (Wildman–Crippen LogP) is 12.6. The van der Waals surface area contributed by atoms with Gasteiger partial charge in [-0.05, 0) is 44.9 Å². The minimum atomic E-state index is -1.10. The van der Waals surface area contributed by atoms with Gasteiger partial charge in [-0.3, -0.25) is 4.79 Å². The largest absolute Gasteiger partial charge is 0.394 e. The lowest BCUT2D eigenvalue weighted by molar-refractivity contribution is -0.131. The molecule has 0 aromatic carbocycles. The van der Waals surface area contributed by atoms with Gasteiger partial charge < -0.3 is 20.6 Å². The summed E-state index contributed by atoms with van der Waals surface area (Å²) >= 11 is 0. The van der Waals surface area contributed by atoms with Crippen molar-refractivity contribution in [3.63, 3.8) is 0 Å². The molecule has 3 atom stereocenters. The molecule has 0 aromatic rings. The molecule has 4 N–H and O–H groups in total. The van der Waals surface area contributed by atoms with Gasteiger partial charge in [-0.25, -0.2) is 0 Å². The van der Waals surface area contributed by atoms with Crippen molar-refractivity contribution < 1.29 is 20.1 Å². The van der Waals surface area contributed by atoms with Crippen LogP contribution in [-0.2, 0) is 4.79 Å². The van der Waals surface area contributed by atoms with Gasteiger partial charge in [0.05, 0.1) is 18.8 Å². The van der Waals surface area contributed by atoms with E-state index in [-0.39, 0.29) is 6.61 Å². The Morgan fingerprint density at radius 3 is 1.16 bits per heavy atom. The van der Waals surface area contributed by atoms with Crippen LogP contribution in [0.5, 0.6) is 0 Å². The lowest BCUT2D eigenvalue weighted by Crippen LogP contribution is -2.48. The second kappa shape index (κ2) is 40.6. The zero-order valence-electron chi connectivity index (χ0n) is 33.5. The number of hydrogen-bond acceptors (Lipinski definition) is 4. The molecule has 0 heterocycles. The predicted molar refractivity (Wildman–Crippen MR) is 218 cm³/mol. The zero-order chi connectivity index (χ0) is 36.6. The van der Waals surface area contributed by atoms with E-state index >= 15 is 0 Å². The molecule has 0 radical (unpaired) electrons. The van der Waals surface area contributed by atoms with Crippen LogP contribution >= 0.6 is 0 Å². The maximum absolute atomic E-state index is 12.4. The summed E-state index contributed by atoms with van der Waals surface area (Å²) in [5, 5.41) is 33.1. The van der Waals surface area contributed by atoms with Crippen molar-refractivity contribution in [2.24, 2.45) is 0 Å². The first-order valence-electron chi connectivity index (χ1n) is 22.2. The van der Waals surface area contributed by atoms with Gasteiger partial charge in [0.2, 0.25) is 5.91 Å². The van der Waals surface area contributed by atoms with E-state index in [1.807, 2.05) is 6.08 Å². The van der Waals surface area contributed by atoms with Crippen LogP contribution in [0.2, 0.25) is 0 Å². The van der Waals surface area contributed by atoms with E-state index < -0.39 is 24.2 Å². The van der Waals surface area contributed by atoms with Gasteiger partial charge in [-0.1, -0.05) is 212 Å². The fourth-order valence-electron chi connectivity index (χ4n) is 6.77. The molecular weight excluding hydrogens is 618 g/mol. The van der Waals surface area contributed by atoms with Crippen LogP contribution in [0.1, 0.15) is 232 Å². The summed E-state index contributed by atoms with van der Waals surface area (Å²) in [5.41, 5.74) is 0. The Kier molecular flexibility index (Phi) is 39.6. The number of nitrogens with one attached hydrogen (secondary N) is 1. The van der Waals surface area contributed by atoms with E-state index in [2.05, 4.69) is 31.3 Å². The highest BCUT2D eigenvalue weighted by Crippen LogP contribution is 2.15. The summed E-state index contributed by atoms with van der Waals surface area (Å²) in [5.74, 6) is -0.506. The van der Waals surface area contributed by atoms with Gasteiger partial charge in [-0.2, -0.15) is 0 Å². The molecule has 0 saturated carbocycles. The number of carbonyl (C=O) groups excluding carboxylic acids is 1. The third-order valence-electron chi connectivity index (χ3n) is 10.3. The highest BCUT2D eigenvalue weighted by atomic mass is 16.3. The van der Waals surface area contributed by atoms with Crippen LogP contribution < -0.4 is 5.32 Å². The van der Waals surface area contributed by atoms with E-state index in [4.69, 9.17) is 0 Å². The van der Waals surface area contributed by atoms with Crippen LogP contribution in [0.15, 0.2) is 24.3 Å². The molecule has 0 aliphatic rings. The minimum Gasteiger partial charge on any atom is -0.394 e. The average Bonchev–Trinajstić information content (AvgIpc) is 3.12. The zero-order valence-corrected chi connectivity index (χ0v) is 33.5. The Bertz CT molecular complexity index is 739. The van der Waals surface area contributed by atoms with Crippen LogP contribution in [0, 0.1) is 0 Å². The number of carbonyl (C=O) groups is 1. The molecule has 50 heavy (non-hydrogen) atoms. The maximum atomic E-state index is 12.4. The van der Waals surface area contributed by atoms with E-state index in [0.717, 1.165) is 32.1 Å². The van der Waals surface area contributed by atoms with Gasteiger partial charge in [0.1, 0.15) is 6.10 Å². The van der Waals surface area contributed by atoms with Gasteiger partial charge in [0.15, 0.2) is 0 Å². The van der Waals surface area contributed by atoms with E-state index in [1.54, 1.807) is 6.08 Å². The molecule has 0 bridgehead atoms. The quantitative estimate of drug-likeness (QED) is 0.0377. The molecule has 0 rings (SSSR count). The molecule has 0 spiro atoms. The average molecular weight is 706 g/mol. The molecule has 0 aliphatic carbocycles. The SMILES string of the molecule is CCCCCCCCCCCCC/C=C/C(O)C(CO)NC(=O)C(O)CCCCCCCCC/C=C\CCCCCCCCCCCCCC. The van der Waals surface area contributed by atoms with Crippen molar-refractivity contribution in [2.75, 3.05) is 6.61 Å². The Balaban J connectivity index is 3.64. The molecule has 0 aromatic heterocycles. The van der Waals surface area contributed by atoms with Gasteiger partial charge in [-0.15, -0.1) is 0 Å². The highest BCUT2D eigenvalue weighted by Gasteiger charge is 2.22. The van der Waals surface area contributed by atoms with E-state index in [0.29, 0.717) is 6.42 Å². The summed E-state index contributed by atoms with van der Waals surface area (Å²) in [6.45, 7) is 4.18. The topological polar surface area (TPSA) is 89.8 Å². The number of unbranched alkanes of at least 4 members (excludes halogenated alkanes) is 30. The molecular formula is C45H87NO4. The van der Waals surface area contributed by atoms with Crippen LogP contribution in [0.3, 0.4) is 0 Å². The molecule has 5 nitrogen and oxygen atoms in total. The number of aliphatic hydroxyl groups is 3. The molecule has 5 heteroatoms. The van der Waals surface area contributed by atoms with Crippen LogP contribution in [0.4, 0.5) is 0 Å². The summed E-state index contributed by atoms with van der Waals surface area (Å²) in [6.07, 6.45) is 49.3. The number of aliphatic hydroxyl groups excluding tert-OH is 3. The normalized spacial score (nSPS) is 13.8. The number of amides is 1. The van der Waals surface area contributed by atoms with Crippen molar-refractivity contribution >= 4 is 5.91 Å². The molecule has 0 aliphatic heterocycles. The Morgan fingerprint density at radius 2 is 0.800 bits per heavy atom. The van der Waals surface area contributed by atoms with Gasteiger partial charge in [0, 0.05) is 0 Å². The Morgan fingerprint density at radius 1 is 0.480 bits per heavy atom. The van der Waals surface area contributed by atoms with E-state index in [1.165, 1.54) is 180 Å². The second-order valence-electron chi connectivity index (χ2n) is 15.3. The molecule has 0 saturated heterocycles. The van der Waals surface area contributed by atoms with Crippen molar-refractivity contribution in [3.05, 3.63) is 24.3 Å². The van der Waals surface area contributed by atoms with Gasteiger partial charge in [0.25, 0.3) is 0 Å². The lowest BCUT2D eigenvalue weighted by atomic mass is 10.0. The minimum absolute atomic E-state index is 0.363. The Labute approximate surface area is 312 Å². The van der Waals surface area contributed by atoms with Crippen LogP contribution in [-0.4, -0.2) is 46.1 Å². The number of rotatable bonds is 40. The Hall–Kier alpha value is -1.17. The lowest BCUT2D eigenvalue weighted by Gasteiger charge is -2.21. The first kappa shape index (κ1) is 48.8. The first-order chi connectivity index (χ1) is 24.6.